The Morgan fingerprint density at radius 3 is 1.79 bits per heavy atom. The number of nitrogens with one attached hydrogen (secondary N) is 2. The van der Waals surface area contributed by atoms with Gasteiger partial charge in [0.1, 0.15) is 0 Å². The molecular weight excluding hydrogens is 284 g/mol. The lowest BCUT2D eigenvalue weighted by Gasteiger charge is -2.00. The summed E-state index contributed by atoms with van der Waals surface area (Å²) < 4.78 is 0. The van der Waals surface area contributed by atoms with Gasteiger partial charge in [0, 0.05) is 12.5 Å². The van der Waals surface area contributed by atoms with E-state index in [0.717, 1.165) is 0 Å². The van der Waals surface area contributed by atoms with Crippen LogP contribution in [-0.2, 0) is 4.79 Å². The van der Waals surface area contributed by atoms with E-state index in [1.165, 1.54) is 6.92 Å². The molecule has 0 aliphatic heterocycles. The molecule has 0 bridgehead atoms. The third kappa shape index (κ3) is 9.62. The molecule has 0 saturated heterocycles. The van der Waals surface area contributed by atoms with E-state index in [1.54, 1.807) is 24.3 Å². The second-order valence-corrected chi connectivity index (χ2v) is 4.11. The third-order valence-electron chi connectivity index (χ3n) is 1.57. The molecule has 0 aromatic heterocycles. The zero-order valence-corrected chi connectivity index (χ0v) is 11.8. The SMILES string of the molecule is CC(=O)NC(N)=S.NC(=S)NC(=O)c1ccccc1. The number of hydrogen-bond acceptors (Lipinski definition) is 4. The average Bonchev–Trinajstić information content (AvgIpc) is 2.28. The second kappa shape index (κ2) is 8.95. The van der Waals surface area contributed by atoms with Crippen LogP contribution >= 0.6 is 24.4 Å². The molecule has 0 radical (unpaired) electrons. The summed E-state index contributed by atoms with van der Waals surface area (Å²) in [4.78, 5) is 21.2. The fourth-order valence-electron chi connectivity index (χ4n) is 0.947. The van der Waals surface area contributed by atoms with Crippen molar-refractivity contribution >= 4 is 46.5 Å². The van der Waals surface area contributed by atoms with Gasteiger partial charge in [0.05, 0.1) is 0 Å². The van der Waals surface area contributed by atoms with Crippen molar-refractivity contribution in [3.05, 3.63) is 35.9 Å². The Balaban J connectivity index is 0.000000399. The van der Waals surface area contributed by atoms with Gasteiger partial charge in [0.2, 0.25) is 5.91 Å². The van der Waals surface area contributed by atoms with Crippen molar-refractivity contribution in [2.45, 2.75) is 6.92 Å². The minimum Gasteiger partial charge on any atom is -0.376 e. The van der Waals surface area contributed by atoms with Crippen LogP contribution in [0.2, 0.25) is 0 Å². The van der Waals surface area contributed by atoms with Crippen molar-refractivity contribution in [2.24, 2.45) is 11.5 Å². The molecular formula is C11H14N4O2S2. The first-order valence-electron chi connectivity index (χ1n) is 5.05. The van der Waals surface area contributed by atoms with Gasteiger partial charge in [0.25, 0.3) is 5.91 Å². The van der Waals surface area contributed by atoms with E-state index in [-0.39, 0.29) is 22.0 Å². The van der Waals surface area contributed by atoms with Gasteiger partial charge in [-0.25, -0.2) is 0 Å². The largest absolute Gasteiger partial charge is 0.376 e. The molecule has 0 saturated carbocycles. The Hall–Kier alpha value is -2.06. The van der Waals surface area contributed by atoms with Crippen molar-refractivity contribution in [1.29, 1.82) is 0 Å². The molecule has 2 amide bonds. The molecule has 8 heteroatoms. The molecule has 102 valence electrons. The third-order valence-corrected chi connectivity index (χ3v) is 1.78. The summed E-state index contributed by atoms with van der Waals surface area (Å²) in [6.07, 6.45) is 0. The van der Waals surface area contributed by atoms with Crippen LogP contribution in [0.3, 0.4) is 0 Å². The molecule has 0 spiro atoms. The van der Waals surface area contributed by atoms with Crippen LogP contribution in [-0.4, -0.2) is 22.0 Å². The Bertz CT molecular complexity index is 465. The number of carbonyl (C=O) groups excluding carboxylic acids is 2. The van der Waals surface area contributed by atoms with Gasteiger partial charge >= 0.3 is 0 Å². The molecule has 0 fully saturated rings. The maximum Gasteiger partial charge on any atom is 0.257 e. The van der Waals surface area contributed by atoms with Crippen molar-refractivity contribution in [1.82, 2.24) is 10.6 Å². The van der Waals surface area contributed by atoms with Gasteiger partial charge in [-0.15, -0.1) is 0 Å². The highest BCUT2D eigenvalue weighted by Crippen LogP contribution is 1.96. The normalized spacial score (nSPS) is 8.47. The minimum absolute atomic E-state index is 0.0103. The van der Waals surface area contributed by atoms with Crippen molar-refractivity contribution in [3.63, 3.8) is 0 Å². The van der Waals surface area contributed by atoms with E-state index in [9.17, 15) is 9.59 Å². The molecule has 1 aromatic carbocycles. The first-order valence-corrected chi connectivity index (χ1v) is 5.87. The zero-order valence-electron chi connectivity index (χ0n) is 10.2. The molecule has 6 N–H and O–H groups in total. The van der Waals surface area contributed by atoms with Crippen molar-refractivity contribution < 1.29 is 9.59 Å². The summed E-state index contributed by atoms with van der Waals surface area (Å²) in [5.41, 5.74) is 10.6. The number of rotatable bonds is 1. The van der Waals surface area contributed by atoms with Gasteiger partial charge in [-0.2, -0.15) is 0 Å². The maximum absolute atomic E-state index is 11.2. The van der Waals surface area contributed by atoms with Crippen molar-refractivity contribution in [2.75, 3.05) is 0 Å². The number of benzene rings is 1. The molecule has 0 heterocycles. The fourth-order valence-corrected chi connectivity index (χ4v) is 1.18. The van der Waals surface area contributed by atoms with Gasteiger partial charge in [-0.3, -0.25) is 14.9 Å². The number of thiocarbonyl (C=S) groups is 2. The fraction of sp³-hybridized carbons (Fsp3) is 0.0909. The van der Waals surface area contributed by atoms with Gasteiger partial charge in [-0.05, 0) is 36.6 Å². The lowest BCUT2D eigenvalue weighted by Crippen LogP contribution is -2.34. The van der Waals surface area contributed by atoms with Crippen LogP contribution in [0, 0.1) is 0 Å². The first-order chi connectivity index (χ1) is 8.82. The molecule has 19 heavy (non-hydrogen) atoms. The van der Waals surface area contributed by atoms with E-state index in [1.807, 2.05) is 6.07 Å². The number of carbonyl (C=O) groups is 2. The summed E-state index contributed by atoms with van der Waals surface area (Å²) in [7, 11) is 0. The van der Waals surface area contributed by atoms with E-state index in [0.29, 0.717) is 5.56 Å². The molecule has 0 unspecified atom stereocenters. The highest BCUT2D eigenvalue weighted by molar-refractivity contribution is 7.80. The summed E-state index contributed by atoms with van der Waals surface area (Å²) in [5.74, 6) is -0.504. The van der Waals surface area contributed by atoms with Crippen LogP contribution in [0.5, 0.6) is 0 Å². The van der Waals surface area contributed by atoms with E-state index in [4.69, 9.17) is 11.5 Å². The van der Waals surface area contributed by atoms with Crippen LogP contribution in [0.1, 0.15) is 17.3 Å². The number of hydrogen-bond donors (Lipinski definition) is 4. The summed E-state index contributed by atoms with van der Waals surface area (Å²) >= 11 is 8.84. The highest BCUT2D eigenvalue weighted by Gasteiger charge is 2.03. The summed E-state index contributed by atoms with van der Waals surface area (Å²) in [6.45, 7) is 1.35. The van der Waals surface area contributed by atoms with Crippen LogP contribution in [0.25, 0.3) is 0 Å². The number of amides is 2. The molecule has 0 atom stereocenters. The predicted molar refractivity (Wildman–Crippen MR) is 81.3 cm³/mol. The van der Waals surface area contributed by atoms with Gasteiger partial charge < -0.3 is 16.8 Å². The van der Waals surface area contributed by atoms with E-state index < -0.39 is 0 Å². The summed E-state index contributed by atoms with van der Waals surface area (Å²) in [5, 5.41) is 4.52. The van der Waals surface area contributed by atoms with Crippen LogP contribution in [0.15, 0.2) is 30.3 Å². The van der Waals surface area contributed by atoms with Crippen LogP contribution < -0.4 is 22.1 Å². The Kier molecular flexibility index (Phi) is 7.98. The lowest BCUT2D eigenvalue weighted by molar-refractivity contribution is -0.117. The number of nitrogens with two attached hydrogens (primary N) is 2. The molecule has 6 nitrogen and oxygen atoms in total. The molecule has 1 aromatic rings. The minimum atomic E-state index is -0.275. The van der Waals surface area contributed by atoms with Crippen molar-refractivity contribution in [3.8, 4) is 0 Å². The average molecular weight is 298 g/mol. The molecule has 0 aliphatic rings. The van der Waals surface area contributed by atoms with Gasteiger partial charge in [0.15, 0.2) is 10.2 Å². The topological polar surface area (TPSA) is 110 Å². The Morgan fingerprint density at radius 2 is 1.47 bits per heavy atom. The van der Waals surface area contributed by atoms with E-state index in [2.05, 4.69) is 35.1 Å². The standard InChI is InChI=1S/C8H8N2OS.C3H6N2OS/c9-8(12)10-7(11)6-4-2-1-3-5-6;1-2(6)5-3(4)7/h1-5H,(H3,9,10,11,12);1H3,(H3,4,5,6,7). The smallest absolute Gasteiger partial charge is 0.257 e. The maximum atomic E-state index is 11.2. The first kappa shape index (κ1) is 16.9. The molecule has 0 aliphatic carbocycles. The quantitative estimate of drug-likeness (QED) is 0.544. The van der Waals surface area contributed by atoms with Gasteiger partial charge in [-0.1, -0.05) is 18.2 Å². The Morgan fingerprint density at radius 1 is 1.00 bits per heavy atom. The second-order valence-electron chi connectivity index (χ2n) is 3.23. The predicted octanol–water partition coefficient (Wildman–Crippen LogP) is 0.0261. The van der Waals surface area contributed by atoms with Crippen LogP contribution in [0.4, 0.5) is 0 Å². The zero-order chi connectivity index (χ0) is 14.8. The Labute approximate surface area is 121 Å². The highest BCUT2D eigenvalue weighted by atomic mass is 32.1. The summed E-state index contributed by atoms with van der Waals surface area (Å²) in [6, 6.07) is 8.75. The lowest BCUT2D eigenvalue weighted by atomic mass is 10.2. The monoisotopic (exact) mass is 298 g/mol. The van der Waals surface area contributed by atoms with E-state index >= 15 is 0 Å². The molecule has 1 rings (SSSR count).